The van der Waals surface area contributed by atoms with Crippen molar-refractivity contribution >= 4 is 23.5 Å². The number of hydrogen-bond donors (Lipinski definition) is 1. The van der Waals surface area contributed by atoms with E-state index in [0.717, 1.165) is 11.6 Å². The van der Waals surface area contributed by atoms with Crippen LogP contribution in [-0.2, 0) is 17.8 Å². The normalized spacial score (nSPS) is 18.1. The van der Waals surface area contributed by atoms with Gasteiger partial charge >= 0.3 is 5.97 Å². The third-order valence-corrected chi connectivity index (χ3v) is 6.72. The highest BCUT2D eigenvalue weighted by atomic mass is 35.5. The van der Waals surface area contributed by atoms with Crippen molar-refractivity contribution < 1.29 is 14.3 Å². The third kappa shape index (κ3) is 6.15. The van der Waals surface area contributed by atoms with Crippen molar-refractivity contribution in [2.45, 2.75) is 77.0 Å². The molecule has 2 aliphatic rings. The van der Waals surface area contributed by atoms with Crippen molar-refractivity contribution in [3.63, 3.8) is 0 Å². The van der Waals surface area contributed by atoms with Gasteiger partial charge in [-0.1, -0.05) is 49.4 Å². The van der Waals surface area contributed by atoms with Crippen LogP contribution >= 0.6 is 11.6 Å². The Morgan fingerprint density at radius 2 is 1.82 bits per heavy atom. The number of methoxy groups -OCH3 is 1. The number of ether oxygens (including phenoxy) is 1. The highest BCUT2D eigenvalue weighted by Crippen LogP contribution is 2.30. The first-order valence-corrected chi connectivity index (χ1v) is 12.0. The van der Waals surface area contributed by atoms with Crippen molar-refractivity contribution in [1.29, 1.82) is 0 Å². The number of carbonyl (C=O) groups is 2. The lowest BCUT2D eigenvalue weighted by atomic mass is 9.97. The molecule has 1 aliphatic carbocycles. The first kappa shape index (κ1) is 25.2. The molecule has 4 rings (SSSR count). The number of rotatable bonds is 4. The number of carbonyl (C=O) groups excluding carboxylic acids is 2. The van der Waals surface area contributed by atoms with Crippen LogP contribution in [0.2, 0.25) is 5.02 Å². The molecule has 1 aliphatic heterocycles. The second-order valence-corrected chi connectivity index (χ2v) is 9.81. The Morgan fingerprint density at radius 1 is 1.18 bits per heavy atom. The van der Waals surface area contributed by atoms with Gasteiger partial charge in [0, 0.05) is 24.2 Å². The van der Waals surface area contributed by atoms with Gasteiger partial charge in [0.2, 0.25) is 0 Å². The van der Waals surface area contributed by atoms with Crippen molar-refractivity contribution in [3.8, 4) is 0 Å². The molecule has 0 atom stereocenters. The standard InChI is InChI=1S/C17H18ClN3O3.C8H17N/c1-17(2)9-20-10-19-13(16(23)24-3)14(20)15(22)21(17)8-11-4-6-12(18)7-5-11;1-9-8-6-4-2-3-5-7-8/h4-7,10H,8-9H2,1-3H3;8-9H,2-7H2,1H3. The average molecular weight is 475 g/mol. The fourth-order valence-corrected chi connectivity index (χ4v) is 4.63. The summed E-state index contributed by atoms with van der Waals surface area (Å²) in [6, 6.07) is 8.19. The van der Waals surface area contributed by atoms with Crippen LogP contribution in [0.5, 0.6) is 0 Å². The molecule has 1 fully saturated rings. The van der Waals surface area contributed by atoms with E-state index in [-0.39, 0.29) is 17.3 Å². The Hall–Kier alpha value is -2.38. The molecule has 0 radical (unpaired) electrons. The first-order valence-electron chi connectivity index (χ1n) is 11.6. The second-order valence-electron chi connectivity index (χ2n) is 9.37. The number of fused-ring (bicyclic) bond motifs is 1. The van der Waals surface area contributed by atoms with E-state index in [1.807, 2.05) is 26.0 Å². The fraction of sp³-hybridized carbons (Fsp3) is 0.560. The molecule has 7 nitrogen and oxygen atoms in total. The van der Waals surface area contributed by atoms with E-state index in [4.69, 9.17) is 16.3 Å². The predicted octanol–water partition coefficient (Wildman–Crippen LogP) is 4.69. The minimum atomic E-state index is -0.608. The number of nitrogens with zero attached hydrogens (tertiary/aromatic N) is 3. The van der Waals surface area contributed by atoms with Gasteiger partial charge in [-0.25, -0.2) is 9.78 Å². The van der Waals surface area contributed by atoms with Gasteiger partial charge < -0.3 is 19.5 Å². The fourth-order valence-electron chi connectivity index (χ4n) is 4.50. The van der Waals surface area contributed by atoms with Gasteiger partial charge in [-0.15, -0.1) is 0 Å². The maximum Gasteiger partial charge on any atom is 0.359 e. The van der Waals surface area contributed by atoms with Gasteiger partial charge in [0.25, 0.3) is 5.91 Å². The van der Waals surface area contributed by atoms with Crippen LogP contribution in [0.1, 0.15) is 78.9 Å². The van der Waals surface area contributed by atoms with Crippen LogP contribution < -0.4 is 5.32 Å². The number of halogens is 1. The number of benzene rings is 1. The van der Waals surface area contributed by atoms with E-state index in [2.05, 4.69) is 17.3 Å². The molecule has 0 bridgehead atoms. The van der Waals surface area contributed by atoms with Gasteiger partial charge in [-0.05, 0) is 51.4 Å². The number of esters is 1. The van der Waals surface area contributed by atoms with Crippen LogP contribution in [0.3, 0.4) is 0 Å². The molecule has 2 heterocycles. The van der Waals surface area contributed by atoms with Gasteiger partial charge in [-0.2, -0.15) is 0 Å². The molecule has 1 aromatic carbocycles. The number of aromatic nitrogens is 2. The maximum absolute atomic E-state index is 13.0. The molecule has 1 N–H and O–H groups in total. The summed E-state index contributed by atoms with van der Waals surface area (Å²) in [5.41, 5.74) is 0.875. The Bertz CT molecular complexity index is 947. The summed E-state index contributed by atoms with van der Waals surface area (Å²) in [5.74, 6) is -0.845. The minimum Gasteiger partial charge on any atom is -0.464 e. The van der Waals surface area contributed by atoms with E-state index in [1.165, 1.54) is 52.0 Å². The summed E-state index contributed by atoms with van der Waals surface area (Å²) < 4.78 is 6.44. The zero-order valence-electron chi connectivity index (χ0n) is 20.1. The SMILES string of the molecule is CNC1CCCCCC1.COC(=O)c1ncn2c1C(=O)N(Cc1ccc(Cl)cc1)C(C)(C)C2. The quantitative estimate of drug-likeness (QED) is 0.514. The molecule has 0 saturated heterocycles. The summed E-state index contributed by atoms with van der Waals surface area (Å²) in [6.07, 6.45) is 10.1. The summed E-state index contributed by atoms with van der Waals surface area (Å²) in [7, 11) is 3.35. The van der Waals surface area contributed by atoms with Crippen molar-refractivity contribution in [2.75, 3.05) is 14.2 Å². The van der Waals surface area contributed by atoms with Gasteiger partial charge in [0.1, 0.15) is 5.69 Å². The first-order chi connectivity index (χ1) is 15.8. The topological polar surface area (TPSA) is 76.5 Å². The zero-order valence-corrected chi connectivity index (χ0v) is 20.8. The average Bonchev–Trinajstić information content (AvgIpc) is 3.03. The third-order valence-electron chi connectivity index (χ3n) is 6.47. The van der Waals surface area contributed by atoms with E-state index >= 15 is 0 Å². The monoisotopic (exact) mass is 474 g/mol. The van der Waals surface area contributed by atoms with Crippen LogP contribution in [0.4, 0.5) is 0 Å². The Labute approximate surface area is 201 Å². The van der Waals surface area contributed by atoms with Gasteiger partial charge in [-0.3, -0.25) is 4.79 Å². The zero-order chi connectivity index (χ0) is 24.0. The van der Waals surface area contributed by atoms with E-state index in [1.54, 1.807) is 21.6 Å². The molecule has 2 aromatic rings. The number of imidazole rings is 1. The molecule has 33 heavy (non-hydrogen) atoms. The molecular formula is C25H35ClN4O3. The number of nitrogens with one attached hydrogen (secondary N) is 1. The van der Waals surface area contributed by atoms with Crippen LogP contribution in [-0.4, -0.2) is 52.1 Å². The maximum atomic E-state index is 13.0. The van der Waals surface area contributed by atoms with Crippen molar-refractivity contribution in [1.82, 2.24) is 19.8 Å². The predicted molar refractivity (Wildman–Crippen MR) is 130 cm³/mol. The lowest BCUT2D eigenvalue weighted by molar-refractivity contribution is 0.0375. The lowest BCUT2D eigenvalue weighted by Gasteiger charge is -2.42. The van der Waals surface area contributed by atoms with Crippen LogP contribution in [0.25, 0.3) is 0 Å². The lowest BCUT2D eigenvalue weighted by Crippen LogP contribution is -2.54. The molecule has 1 aromatic heterocycles. The largest absolute Gasteiger partial charge is 0.464 e. The van der Waals surface area contributed by atoms with E-state index in [0.29, 0.717) is 18.1 Å². The summed E-state index contributed by atoms with van der Waals surface area (Å²) in [4.78, 5) is 30.7. The molecule has 0 unspecified atom stereocenters. The summed E-state index contributed by atoms with van der Waals surface area (Å²) >= 11 is 5.92. The second kappa shape index (κ2) is 11.2. The van der Waals surface area contributed by atoms with E-state index in [9.17, 15) is 9.59 Å². The summed E-state index contributed by atoms with van der Waals surface area (Å²) in [6.45, 7) is 4.95. The van der Waals surface area contributed by atoms with Gasteiger partial charge in [0.05, 0.1) is 19.0 Å². The summed E-state index contributed by atoms with van der Waals surface area (Å²) in [5, 5.41) is 3.99. The highest BCUT2D eigenvalue weighted by Gasteiger charge is 2.41. The van der Waals surface area contributed by atoms with E-state index < -0.39 is 11.5 Å². The van der Waals surface area contributed by atoms with Crippen LogP contribution in [0.15, 0.2) is 30.6 Å². The smallest absolute Gasteiger partial charge is 0.359 e. The molecular weight excluding hydrogens is 440 g/mol. The van der Waals surface area contributed by atoms with Gasteiger partial charge in [0.15, 0.2) is 5.69 Å². The number of hydrogen-bond acceptors (Lipinski definition) is 5. The Kier molecular flexibility index (Phi) is 8.54. The van der Waals surface area contributed by atoms with Crippen LogP contribution in [0, 0.1) is 0 Å². The number of amides is 1. The molecule has 1 saturated carbocycles. The highest BCUT2D eigenvalue weighted by molar-refractivity contribution is 6.30. The van der Waals surface area contributed by atoms with Crippen molar-refractivity contribution in [3.05, 3.63) is 52.6 Å². The molecule has 0 spiro atoms. The molecule has 180 valence electrons. The Balaban J connectivity index is 0.000000286. The molecule has 1 amide bonds. The minimum absolute atomic E-state index is 0.0547. The van der Waals surface area contributed by atoms with Crippen molar-refractivity contribution in [2.24, 2.45) is 0 Å². The Morgan fingerprint density at radius 3 is 2.39 bits per heavy atom. The molecule has 8 heteroatoms.